The van der Waals surface area contributed by atoms with E-state index >= 15 is 0 Å². The number of Topliss-reactive ketones (excluding diaryl/α,β-unsaturated/α-hetero) is 1. The number of sulfone groups is 1. The van der Waals surface area contributed by atoms with E-state index in [9.17, 15) is 13.2 Å². The van der Waals surface area contributed by atoms with E-state index in [0.717, 1.165) is 6.42 Å². The second-order valence-corrected chi connectivity index (χ2v) is 6.27. The number of hydrogen-bond donors (Lipinski definition) is 1. The van der Waals surface area contributed by atoms with E-state index in [1.807, 2.05) is 6.92 Å². The highest BCUT2D eigenvalue weighted by molar-refractivity contribution is 7.91. The first-order valence-electron chi connectivity index (χ1n) is 6.07. The maximum absolute atomic E-state index is 12.0. The highest BCUT2D eigenvalue weighted by Gasteiger charge is 2.15. The Morgan fingerprint density at radius 1 is 1.33 bits per heavy atom. The van der Waals surface area contributed by atoms with Crippen molar-refractivity contribution >= 4 is 15.6 Å². The average Bonchev–Trinajstić information content (AvgIpc) is 2.37. The Bertz CT molecular complexity index is 509. The van der Waals surface area contributed by atoms with Crippen molar-refractivity contribution in [3.63, 3.8) is 0 Å². The SMILES string of the molecule is CCCCS(=O)(=O)c1cccc(C(=O)CCN)c1. The van der Waals surface area contributed by atoms with Gasteiger partial charge in [-0.25, -0.2) is 8.42 Å². The summed E-state index contributed by atoms with van der Waals surface area (Å²) in [4.78, 5) is 11.9. The summed E-state index contributed by atoms with van der Waals surface area (Å²) < 4.78 is 24.0. The maximum atomic E-state index is 12.0. The van der Waals surface area contributed by atoms with Gasteiger partial charge in [0.2, 0.25) is 0 Å². The molecule has 100 valence electrons. The minimum atomic E-state index is -3.28. The lowest BCUT2D eigenvalue weighted by molar-refractivity contribution is 0.0985. The zero-order valence-electron chi connectivity index (χ0n) is 10.6. The number of hydrogen-bond acceptors (Lipinski definition) is 4. The molecule has 1 aromatic rings. The van der Waals surface area contributed by atoms with Gasteiger partial charge in [0.1, 0.15) is 0 Å². The molecule has 0 amide bonds. The average molecular weight is 269 g/mol. The standard InChI is InChI=1S/C13H19NO3S/c1-2-3-9-18(16,17)12-6-4-5-11(10-12)13(15)7-8-14/h4-6,10H,2-3,7-9,14H2,1H3. The van der Waals surface area contributed by atoms with Crippen LogP contribution in [0.1, 0.15) is 36.5 Å². The quantitative estimate of drug-likeness (QED) is 0.766. The molecule has 0 unspecified atom stereocenters. The molecule has 0 saturated carbocycles. The molecule has 0 aromatic heterocycles. The van der Waals surface area contributed by atoms with Crippen molar-refractivity contribution in [3.05, 3.63) is 29.8 Å². The van der Waals surface area contributed by atoms with E-state index in [1.54, 1.807) is 12.1 Å². The molecule has 0 aliphatic heterocycles. The Morgan fingerprint density at radius 2 is 2.06 bits per heavy atom. The van der Waals surface area contributed by atoms with Crippen LogP contribution in [0.3, 0.4) is 0 Å². The van der Waals surface area contributed by atoms with Crippen molar-refractivity contribution in [2.45, 2.75) is 31.1 Å². The van der Waals surface area contributed by atoms with Crippen LogP contribution in [0.2, 0.25) is 0 Å². The normalized spacial score (nSPS) is 11.4. The Balaban J connectivity index is 2.98. The first kappa shape index (κ1) is 14.9. The lowest BCUT2D eigenvalue weighted by Crippen LogP contribution is -2.10. The van der Waals surface area contributed by atoms with Gasteiger partial charge in [0.15, 0.2) is 15.6 Å². The maximum Gasteiger partial charge on any atom is 0.178 e. The summed E-state index contributed by atoms with van der Waals surface area (Å²) in [5, 5.41) is 0. The molecular weight excluding hydrogens is 250 g/mol. The van der Waals surface area contributed by atoms with Gasteiger partial charge in [-0.3, -0.25) is 4.79 Å². The Kier molecular flexibility index (Phi) is 5.50. The van der Waals surface area contributed by atoms with Gasteiger partial charge in [0, 0.05) is 12.0 Å². The Morgan fingerprint density at radius 3 is 2.67 bits per heavy atom. The van der Waals surface area contributed by atoms with Crippen molar-refractivity contribution in [3.8, 4) is 0 Å². The Hall–Kier alpha value is -1.20. The van der Waals surface area contributed by atoms with Gasteiger partial charge in [-0.2, -0.15) is 0 Å². The topological polar surface area (TPSA) is 77.2 Å². The molecule has 0 aliphatic carbocycles. The van der Waals surface area contributed by atoms with Crippen molar-refractivity contribution in [1.29, 1.82) is 0 Å². The fourth-order valence-electron chi connectivity index (χ4n) is 1.59. The molecule has 0 spiro atoms. The van der Waals surface area contributed by atoms with Crippen LogP contribution in [0.25, 0.3) is 0 Å². The van der Waals surface area contributed by atoms with Crippen LogP contribution in [-0.4, -0.2) is 26.5 Å². The third-order valence-electron chi connectivity index (χ3n) is 2.65. The van der Waals surface area contributed by atoms with E-state index in [-0.39, 0.29) is 29.4 Å². The third kappa shape index (κ3) is 3.92. The zero-order chi connectivity index (χ0) is 13.6. The molecule has 0 bridgehead atoms. The Labute approximate surface area is 108 Å². The minimum Gasteiger partial charge on any atom is -0.330 e. The molecule has 0 heterocycles. The first-order valence-corrected chi connectivity index (χ1v) is 7.72. The summed E-state index contributed by atoms with van der Waals surface area (Å²) in [5.74, 6) is 0.00272. The second-order valence-electron chi connectivity index (χ2n) is 4.16. The third-order valence-corrected chi connectivity index (χ3v) is 4.45. The van der Waals surface area contributed by atoms with Crippen LogP contribution >= 0.6 is 0 Å². The lowest BCUT2D eigenvalue weighted by Gasteiger charge is -2.05. The number of carbonyl (C=O) groups is 1. The number of unbranched alkanes of at least 4 members (excludes halogenated alkanes) is 1. The van der Waals surface area contributed by atoms with Crippen LogP contribution in [0.15, 0.2) is 29.2 Å². The largest absolute Gasteiger partial charge is 0.330 e. The summed E-state index contributed by atoms with van der Waals surface area (Å²) in [6.45, 7) is 2.21. The van der Waals surface area contributed by atoms with E-state index in [2.05, 4.69) is 0 Å². The molecule has 2 N–H and O–H groups in total. The van der Waals surface area contributed by atoms with Crippen molar-refractivity contribution in [2.24, 2.45) is 5.73 Å². The molecule has 0 atom stereocenters. The predicted molar refractivity (Wildman–Crippen MR) is 71.4 cm³/mol. The molecule has 5 heteroatoms. The molecule has 4 nitrogen and oxygen atoms in total. The van der Waals surface area contributed by atoms with Crippen molar-refractivity contribution in [2.75, 3.05) is 12.3 Å². The van der Waals surface area contributed by atoms with E-state index in [4.69, 9.17) is 5.73 Å². The lowest BCUT2D eigenvalue weighted by atomic mass is 10.1. The minimum absolute atomic E-state index is 0.120. The second kappa shape index (κ2) is 6.66. The summed E-state index contributed by atoms with van der Waals surface area (Å²) >= 11 is 0. The molecular formula is C13H19NO3S. The number of carbonyl (C=O) groups excluding carboxylic acids is 1. The summed E-state index contributed by atoms with van der Waals surface area (Å²) in [6, 6.07) is 6.20. The summed E-state index contributed by atoms with van der Waals surface area (Å²) in [7, 11) is -3.28. The van der Waals surface area contributed by atoms with Gasteiger partial charge in [-0.1, -0.05) is 25.5 Å². The highest BCUT2D eigenvalue weighted by Crippen LogP contribution is 2.15. The smallest absolute Gasteiger partial charge is 0.178 e. The molecule has 0 aliphatic rings. The highest BCUT2D eigenvalue weighted by atomic mass is 32.2. The first-order chi connectivity index (χ1) is 8.51. The number of benzene rings is 1. The molecule has 18 heavy (non-hydrogen) atoms. The summed E-state index contributed by atoms with van der Waals surface area (Å²) in [5.41, 5.74) is 5.73. The number of nitrogens with two attached hydrogens (primary N) is 1. The molecule has 0 fully saturated rings. The monoisotopic (exact) mass is 269 g/mol. The fourth-order valence-corrected chi connectivity index (χ4v) is 3.09. The van der Waals surface area contributed by atoms with Gasteiger partial charge < -0.3 is 5.73 Å². The van der Waals surface area contributed by atoms with Crippen LogP contribution in [-0.2, 0) is 9.84 Å². The van der Waals surface area contributed by atoms with Gasteiger partial charge >= 0.3 is 0 Å². The van der Waals surface area contributed by atoms with E-state index in [1.165, 1.54) is 12.1 Å². The molecule has 0 radical (unpaired) electrons. The number of rotatable bonds is 7. The predicted octanol–water partition coefficient (Wildman–Crippen LogP) is 1.79. The van der Waals surface area contributed by atoms with Crippen molar-refractivity contribution < 1.29 is 13.2 Å². The van der Waals surface area contributed by atoms with Crippen LogP contribution in [0, 0.1) is 0 Å². The molecule has 1 rings (SSSR count). The van der Waals surface area contributed by atoms with E-state index < -0.39 is 9.84 Å². The fraction of sp³-hybridized carbons (Fsp3) is 0.462. The van der Waals surface area contributed by atoms with E-state index in [0.29, 0.717) is 12.0 Å². The van der Waals surface area contributed by atoms with Gasteiger partial charge in [-0.05, 0) is 25.1 Å². The van der Waals surface area contributed by atoms with Crippen LogP contribution < -0.4 is 5.73 Å². The van der Waals surface area contributed by atoms with Crippen LogP contribution in [0.5, 0.6) is 0 Å². The molecule has 0 saturated heterocycles. The number of ketones is 1. The van der Waals surface area contributed by atoms with Gasteiger partial charge in [-0.15, -0.1) is 0 Å². The van der Waals surface area contributed by atoms with Crippen LogP contribution in [0.4, 0.5) is 0 Å². The summed E-state index contributed by atoms with van der Waals surface area (Å²) in [6.07, 6.45) is 1.69. The van der Waals surface area contributed by atoms with Crippen molar-refractivity contribution in [1.82, 2.24) is 0 Å². The zero-order valence-corrected chi connectivity index (χ0v) is 11.4. The van der Waals surface area contributed by atoms with Gasteiger partial charge in [0.05, 0.1) is 10.6 Å². The molecule has 1 aromatic carbocycles. The van der Waals surface area contributed by atoms with Gasteiger partial charge in [0.25, 0.3) is 0 Å².